The molecular formula is C21H30N2O3. The summed E-state index contributed by atoms with van der Waals surface area (Å²) in [4.78, 5) is 27.7. The molecule has 0 spiro atoms. The molecular weight excluding hydrogens is 328 g/mol. The normalized spacial score (nSPS) is 24.3. The zero-order valence-electron chi connectivity index (χ0n) is 15.7. The SMILES string of the molecule is COc1ccc(CC(=O)N2CCCCCNC(=O)[C@@H]3CCCC[C@@H]32)cc1. The van der Waals surface area contributed by atoms with Gasteiger partial charge in [0.05, 0.1) is 19.4 Å². The fraction of sp³-hybridized carbons (Fsp3) is 0.619. The number of methoxy groups -OCH3 is 1. The van der Waals surface area contributed by atoms with Crippen molar-refractivity contribution in [2.24, 2.45) is 5.92 Å². The first kappa shape index (κ1) is 18.7. The van der Waals surface area contributed by atoms with Crippen molar-refractivity contribution in [2.75, 3.05) is 20.2 Å². The molecule has 1 aromatic rings. The van der Waals surface area contributed by atoms with Crippen molar-refractivity contribution in [1.29, 1.82) is 0 Å². The van der Waals surface area contributed by atoms with Gasteiger partial charge in [-0.1, -0.05) is 25.0 Å². The van der Waals surface area contributed by atoms with Gasteiger partial charge in [-0.25, -0.2) is 0 Å². The second-order valence-electron chi connectivity index (χ2n) is 7.42. The van der Waals surface area contributed by atoms with E-state index in [-0.39, 0.29) is 23.8 Å². The highest BCUT2D eigenvalue weighted by Crippen LogP contribution is 2.30. The van der Waals surface area contributed by atoms with Gasteiger partial charge in [0.25, 0.3) is 0 Å². The standard InChI is InChI=1S/C21H30N2O3/c1-26-17-11-9-16(10-12-17)15-20(24)23-14-6-2-5-13-22-21(25)18-7-3-4-8-19(18)23/h9-12,18-19H,2-8,13-15H2,1H3,(H,22,25)/t18-,19+/m1/s1. The summed E-state index contributed by atoms with van der Waals surface area (Å²) in [6, 6.07) is 7.73. The van der Waals surface area contributed by atoms with E-state index in [4.69, 9.17) is 4.74 Å². The molecule has 0 unspecified atom stereocenters. The molecule has 2 amide bonds. The van der Waals surface area contributed by atoms with Crippen LogP contribution in [0.1, 0.15) is 50.5 Å². The molecule has 26 heavy (non-hydrogen) atoms. The lowest BCUT2D eigenvalue weighted by Crippen LogP contribution is -2.52. The Morgan fingerprint density at radius 2 is 1.88 bits per heavy atom. The smallest absolute Gasteiger partial charge is 0.227 e. The van der Waals surface area contributed by atoms with Gasteiger partial charge in [-0.05, 0) is 49.8 Å². The fourth-order valence-corrected chi connectivity index (χ4v) is 4.21. The number of amides is 2. The van der Waals surface area contributed by atoms with Crippen LogP contribution >= 0.6 is 0 Å². The first-order valence-corrected chi connectivity index (χ1v) is 9.89. The average molecular weight is 358 g/mol. The van der Waals surface area contributed by atoms with Crippen LogP contribution in [0, 0.1) is 5.92 Å². The van der Waals surface area contributed by atoms with E-state index in [0.717, 1.165) is 69.3 Å². The molecule has 1 saturated carbocycles. The first-order valence-electron chi connectivity index (χ1n) is 9.89. The maximum absolute atomic E-state index is 13.1. The summed E-state index contributed by atoms with van der Waals surface area (Å²) < 4.78 is 5.19. The van der Waals surface area contributed by atoms with Crippen molar-refractivity contribution in [3.05, 3.63) is 29.8 Å². The summed E-state index contributed by atoms with van der Waals surface area (Å²) in [6.45, 7) is 1.53. The summed E-state index contributed by atoms with van der Waals surface area (Å²) in [7, 11) is 1.64. The molecule has 1 aliphatic heterocycles. The zero-order valence-corrected chi connectivity index (χ0v) is 15.7. The molecule has 2 fully saturated rings. The van der Waals surface area contributed by atoms with Crippen LogP contribution in [0.3, 0.4) is 0 Å². The number of ether oxygens (including phenoxy) is 1. The van der Waals surface area contributed by atoms with Gasteiger partial charge in [0, 0.05) is 19.1 Å². The maximum atomic E-state index is 13.1. The van der Waals surface area contributed by atoms with Crippen LogP contribution in [0.4, 0.5) is 0 Å². The third kappa shape index (κ3) is 4.57. The summed E-state index contributed by atoms with van der Waals surface area (Å²) >= 11 is 0. The predicted octanol–water partition coefficient (Wildman–Crippen LogP) is 2.93. The lowest BCUT2D eigenvalue weighted by atomic mass is 9.82. The minimum Gasteiger partial charge on any atom is -0.497 e. The van der Waals surface area contributed by atoms with E-state index in [2.05, 4.69) is 5.32 Å². The zero-order chi connectivity index (χ0) is 18.4. The second kappa shape index (κ2) is 9.06. The van der Waals surface area contributed by atoms with Crippen LogP contribution in [-0.2, 0) is 16.0 Å². The molecule has 3 rings (SSSR count). The number of nitrogens with zero attached hydrogens (tertiary/aromatic N) is 1. The topological polar surface area (TPSA) is 58.6 Å². The van der Waals surface area contributed by atoms with E-state index < -0.39 is 0 Å². The molecule has 0 aromatic heterocycles. The Balaban J connectivity index is 1.75. The fourth-order valence-electron chi connectivity index (χ4n) is 4.21. The molecule has 5 nitrogen and oxygen atoms in total. The van der Waals surface area contributed by atoms with Crippen molar-refractivity contribution in [3.8, 4) is 5.75 Å². The lowest BCUT2D eigenvalue weighted by molar-refractivity contribution is -0.138. The first-order chi connectivity index (χ1) is 12.7. The maximum Gasteiger partial charge on any atom is 0.227 e. The molecule has 0 bridgehead atoms. The van der Waals surface area contributed by atoms with Crippen molar-refractivity contribution in [3.63, 3.8) is 0 Å². The molecule has 1 heterocycles. The lowest BCUT2D eigenvalue weighted by Gasteiger charge is -2.40. The van der Waals surface area contributed by atoms with Crippen molar-refractivity contribution < 1.29 is 14.3 Å². The Morgan fingerprint density at radius 1 is 1.12 bits per heavy atom. The number of hydrogen-bond donors (Lipinski definition) is 1. The molecule has 1 saturated heterocycles. The predicted molar refractivity (Wildman–Crippen MR) is 101 cm³/mol. The van der Waals surface area contributed by atoms with Gasteiger partial charge in [0.15, 0.2) is 0 Å². The number of fused-ring (bicyclic) bond motifs is 1. The Bertz CT molecular complexity index is 614. The Morgan fingerprint density at radius 3 is 2.65 bits per heavy atom. The van der Waals surface area contributed by atoms with Crippen LogP contribution in [0.2, 0.25) is 0 Å². The minimum absolute atomic E-state index is 0.0487. The summed E-state index contributed by atoms with van der Waals surface area (Å²) in [5.41, 5.74) is 0.990. The van der Waals surface area contributed by atoms with E-state index in [1.54, 1.807) is 7.11 Å². The molecule has 142 valence electrons. The van der Waals surface area contributed by atoms with Gasteiger partial charge in [-0.3, -0.25) is 9.59 Å². The third-order valence-electron chi connectivity index (χ3n) is 5.68. The number of rotatable bonds is 3. The van der Waals surface area contributed by atoms with Gasteiger partial charge in [-0.15, -0.1) is 0 Å². The summed E-state index contributed by atoms with van der Waals surface area (Å²) in [5, 5.41) is 3.08. The van der Waals surface area contributed by atoms with Gasteiger partial charge >= 0.3 is 0 Å². The van der Waals surface area contributed by atoms with Crippen LogP contribution in [0.5, 0.6) is 5.75 Å². The number of carbonyl (C=O) groups is 2. The molecule has 1 aromatic carbocycles. The molecule has 0 radical (unpaired) electrons. The summed E-state index contributed by atoms with van der Waals surface area (Å²) in [5.74, 6) is 1.02. The van der Waals surface area contributed by atoms with E-state index in [9.17, 15) is 9.59 Å². The number of hydrogen-bond acceptors (Lipinski definition) is 3. The summed E-state index contributed by atoms with van der Waals surface area (Å²) in [6.07, 6.45) is 7.43. The average Bonchev–Trinajstić information content (AvgIpc) is 2.67. The van der Waals surface area contributed by atoms with E-state index in [1.165, 1.54) is 0 Å². The van der Waals surface area contributed by atoms with Crippen molar-refractivity contribution in [2.45, 2.75) is 57.4 Å². The van der Waals surface area contributed by atoms with E-state index >= 15 is 0 Å². The van der Waals surface area contributed by atoms with E-state index in [1.807, 2.05) is 29.2 Å². The molecule has 2 atom stereocenters. The van der Waals surface area contributed by atoms with Crippen LogP contribution < -0.4 is 10.1 Å². The highest BCUT2D eigenvalue weighted by molar-refractivity contribution is 5.83. The van der Waals surface area contributed by atoms with Gasteiger partial charge < -0.3 is 15.0 Å². The van der Waals surface area contributed by atoms with E-state index in [0.29, 0.717) is 6.42 Å². The number of nitrogens with one attached hydrogen (secondary N) is 1. The largest absolute Gasteiger partial charge is 0.497 e. The van der Waals surface area contributed by atoms with Crippen molar-refractivity contribution >= 4 is 11.8 Å². The Kier molecular flexibility index (Phi) is 6.53. The monoisotopic (exact) mass is 358 g/mol. The van der Waals surface area contributed by atoms with Gasteiger partial charge in [0.1, 0.15) is 5.75 Å². The molecule has 5 heteroatoms. The second-order valence-corrected chi connectivity index (χ2v) is 7.42. The third-order valence-corrected chi connectivity index (χ3v) is 5.68. The Hall–Kier alpha value is -2.04. The van der Waals surface area contributed by atoms with Gasteiger partial charge in [-0.2, -0.15) is 0 Å². The Labute approximate surface area is 156 Å². The quantitative estimate of drug-likeness (QED) is 0.904. The highest BCUT2D eigenvalue weighted by atomic mass is 16.5. The minimum atomic E-state index is -0.0540. The number of carbonyl (C=O) groups excluding carboxylic acids is 2. The molecule has 1 N–H and O–H groups in total. The van der Waals surface area contributed by atoms with Crippen LogP contribution in [-0.4, -0.2) is 43.0 Å². The van der Waals surface area contributed by atoms with Gasteiger partial charge in [0.2, 0.25) is 11.8 Å². The van der Waals surface area contributed by atoms with Crippen LogP contribution in [0.15, 0.2) is 24.3 Å². The van der Waals surface area contributed by atoms with Crippen LogP contribution in [0.25, 0.3) is 0 Å². The van der Waals surface area contributed by atoms with Crippen molar-refractivity contribution in [1.82, 2.24) is 10.2 Å². The molecule has 1 aliphatic carbocycles. The highest BCUT2D eigenvalue weighted by Gasteiger charge is 2.36. The number of benzene rings is 1. The molecule has 2 aliphatic rings.